The number of benzene rings is 3. The molecule has 0 spiro atoms. The van der Waals surface area contributed by atoms with Gasteiger partial charge in [0.25, 0.3) is 5.91 Å². The number of hydrogen-bond acceptors (Lipinski definition) is 5. The molecule has 0 radical (unpaired) electrons. The molecular weight excluding hydrogens is 459 g/mol. The number of para-hydroxylation sites is 2. The first-order valence-corrected chi connectivity index (χ1v) is 11.8. The average Bonchev–Trinajstić information content (AvgIpc) is 3.38. The molecule has 1 aliphatic heterocycles. The van der Waals surface area contributed by atoms with Crippen LogP contribution in [0.5, 0.6) is 11.5 Å². The lowest BCUT2D eigenvalue weighted by molar-refractivity contribution is 0.0737. The van der Waals surface area contributed by atoms with E-state index in [-0.39, 0.29) is 11.7 Å². The Morgan fingerprint density at radius 3 is 2.25 bits per heavy atom. The fourth-order valence-corrected chi connectivity index (χ4v) is 4.46. The summed E-state index contributed by atoms with van der Waals surface area (Å²) in [5, 5.41) is 4.63. The minimum atomic E-state index is -0.388. The van der Waals surface area contributed by atoms with E-state index in [1.807, 2.05) is 41.3 Å². The van der Waals surface area contributed by atoms with E-state index in [0.29, 0.717) is 54.6 Å². The number of carbonyl (C=O) groups is 1. The Balaban J connectivity index is 1.44. The zero-order valence-corrected chi connectivity index (χ0v) is 20.2. The molecular formula is C28H27FN4O3. The molecule has 184 valence electrons. The zero-order chi connectivity index (χ0) is 25.1. The predicted molar refractivity (Wildman–Crippen MR) is 137 cm³/mol. The predicted octanol–water partition coefficient (Wildman–Crippen LogP) is 4.66. The fourth-order valence-electron chi connectivity index (χ4n) is 4.46. The topological polar surface area (TPSA) is 59.8 Å². The number of piperazine rings is 1. The molecule has 4 aromatic rings. The average molecular weight is 487 g/mol. The van der Waals surface area contributed by atoms with Gasteiger partial charge in [-0.2, -0.15) is 5.10 Å². The summed E-state index contributed by atoms with van der Waals surface area (Å²) in [5.41, 5.74) is 2.83. The van der Waals surface area contributed by atoms with Gasteiger partial charge in [-0.25, -0.2) is 9.07 Å². The fraction of sp³-hybridized carbons (Fsp3) is 0.214. The molecule has 1 amide bonds. The molecule has 0 N–H and O–H groups in total. The Morgan fingerprint density at radius 1 is 0.861 bits per heavy atom. The molecule has 5 rings (SSSR count). The molecule has 7 nitrogen and oxygen atoms in total. The maximum Gasteiger partial charge on any atom is 0.272 e. The van der Waals surface area contributed by atoms with Crippen molar-refractivity contribution in [2.45, 2.75) is 0 Å². The van der Waals surface area contributed by atoms with Gasteiger partial charge in [0, 0.05) is 31.7 Å². The second-order valence-electron chi connectivity index (χ2n) is 8.46. The number of halogens is 1. The van der Waals surface area contributed by atoms with Crippen LogP contribution in [0, 0.1) is 5.82 Å². The van der Waals surface area contributed by atoms with Gasteiger partial charge in [-0.05, 0) is 54.6 Å². The van der Waals surface area contributed by atoms with E-state index in [0.717, 1.165) is 11.4 Å². The van der Waals surface area contributed by atoms with Gasteiger partial charge in [-0.1, -0.05) is 24.3 Å². The Kier molecular flexibility index (Phi) is 6.58. The number of nitrogens with zero attached hydrogens (tertiary/aromatic N) is 4. The van der Waals surface area contributed by atoms with E-state index in [1.54, 1.807) is 55.3 Å². The van der Waals surface area contributed by atoms with Crippen LogP contribution in [0.25, 0.3) is 16.9 Å². The molecule has 1 aromatic heterocycles. The van der Waals surface area contributed by atoms with Crippen LogP contribution in [0.2, 0.25) is 0 Å². The van der Waals surface area contributed by atoms with Crippen molar-refractivity contribution in [2.75, 3.05) is 45.3 Å². The van der Waals surface area contributed by atoms with Gasteiger partial charge in [-0.15, -0.1) is 0 Å². The van der Waals surface area contributed by atoms with Crippen LogP contribution in [-0.4, -0.2) is 61.0 Å². The highest BCUT2D eigenvalue weighted by atomic mass is 19.1. The number of anilines is 1. The van der Waals surface area contributed by atoms with Gasteiger partial charge < -0.3 is 19.3 Å². The maximum absolute atomic E-state index is 14.6. The molecule has 2 heterocycles. The Labute approximate surface area is 209 Å². The van der Waals surface area contributed by atoms with Gasteiger partial charge in [0.05, 0.1) is 31.3 Å². The highest BCUT2D eigenvalue weighted by Gasteiger charge is 2.27. The number of methoxy groups -OCH3 is 2. The monoisotopic (exact) mass is 486 g/mol. The van der Waals surface area contributed by atoms with Gasteiger partial charge >= 0.3 is 0 Å². The van der Waals surface area contributed by atoms with Crippen LogP contribution >= 0.6 is 0 Å². The number of ether oxygens (including phenoxy) is 2. The normalized spacial score (nSPS) is 13.5. The summed E-state index contributed by atoms with van der Waals surface area (Å²) in [6, 6.07) is 23.2. The summed E-state index contributed by atoms with van der Waals surface area (Å²) in [4.78, 5) is 17.7. The van der Waals surface area contributed by atoms with Crippen LogP contribution in [0.1, 0.15) is 10.5 Å². The van der Waals surface area contributed by atoms with Crippen LogP contribution in [-0.2, 0) is 0 Å². The first kappa shape index (κ1) is 23.4. The Bertz CT molecular complexity index is 1360. The summed E-state index contributed by atoms with van der Waals surface area (Å²) in [6.07, 6.45) is 0. The third-order valence-corrected chi connectivity index (χ3v) is 6.39. The molecule has 0 unspecified atom stereocenters. The lowest BCUT2D eigenvalue weighted by Gasteiger charge is -2.36. The van der Waals surface area contributed by atoms with Crippen molar-refractivity contribution in [3.63, 3.8) is 0 Å². The van der Waals surface area contributed by atoms with E-state index >= 15 is 0 Å². The first-order chi connectivity index (χ1) is 17.6. The van der Waals surface area contributed by atoms with Gasteiger partial charge in [0.1, 0.15) is 23.0 Å². The molecule has 8 heteroatoms. The summed E-state index contributed by atoms with van der Waals surface area (Å²) in [5.74, 6) is 0.965. The Morgan fingerprint density at radius 2 is 1.56 bits per heavy atom. The van der Waals surface area contributed by atoms with Gasteiger partial charge in [-0.3, -0.25) is 4.79 Å². The number of amides is 1. The summed E-state index contributed by atoms with van der Waals surface area (Å²) in [7, 11) is 3.25. The van der Waals surface area contributed by atoms with E-state index < -0.39 is 0 Å². The molecule has 0 atom stereocenters. The van der Waals surface area contributed by atoms with Crippen molar-refractivity contribution in [1.29, 1.82) is 0 Å². The van der Waals surface area contributed by atoms with Crippen molar-refractivity contribution >= 4 is 11.6 Å². The van der Waals surface area contributed by atoms with Gasteiger partial charge in [0.15, 0.2) is 0 Å². The third-order valence-electron chi connectivity index (χ3n) is 6.39. The molecule has 36 heavy (non-hydrogen) atoms. The van der Waals surface area contributed by atoms with E-state index in [4.69, 9.17) is 9.47 Å². The molecule has 3 aromatic carbocycles. The second kappa shape index (κ2) is 10.1. The van der Waals surface area contributed by atoms with Crippen molar-refractivity contribution in [1.82, 2.24) is 14.7 Å². The number of rotatable bonds is 6. The van der Waals surface area contributed by atoms with Crippen molar-refractivity contribution in [3.8, 4) is 28.4 Å². The Hall–Kier alpha value is -4.33. The van der Waals surface area contributed by atoms with E-state index in [1.165, 1.54) is 6.07 Å². The molecule has 1 saturated heterocycles. The molecule has 0 saturated carbocycles. The molecule has 1 aliphatic rings. The largest absolute Gasteiger partial charge is 0.497 e. The first-order valence-electron chi connectivity index (χ1n) is 11.8. The minimum absolute atomic E-state index is 0.152. The van der Waals surface area contributed by atoms with Crippen molar-refractivity contribution < 1.29 is 18.7 Å². The smallest absolute Gasteiger partial charge is 0.272 e. The minimum Gasteiger partial charge on any atom is -0.497 e. The quantitative estimate of drug-likeness (QED) is 0.397. The standard InChI is InChI=1S/C28H27FN4O3/c1-35-21-13-11-20(12-14-21)33-26(19-24(30-33)22-7-3-4-8-23(22)29)28(34)32-17-15-31(16-18-32)25-9-5-6-10-27(25)36-2/h3-14,19H,15-18H2,1-2H3. The maximum atomic E-state index is 14.6. The number of hydrogen-bond donors (Lipinski definition) is 0. The molecule has 0 bridgehead atoms. The lowest BCUT2D eigenvalue weighted by atomic mass is 10.1. The van der Waals surface area contributed by atoms with Crippen molar-refractivity contribution in [2.24, 2.45) is 0 Å². The molecule has 0 aliphatic carbocycles. The van der Waals surface area contributed by atoms with Crippen LogP contribution in [0.15, 0.2) is 78.9 Å². The zero-order valence-electron chi connectivity index (χ0n) is 20.2. The summed E-state index contributed by atoms with van der Waals surface area (Å²) in [6.45, 7) is 2.42. The van der Waals surface area contributed by atoms with Crippen LogP contribution in [0.4, 0.5) is 10.1 Å². The SMILES string of the molecule is COc1ccc(-n2nc(-c3ccccc3F)cc2C(=O)N2CCN(c3ccccc3OC)CC2)cc1. The molecule has 1 fully saturated rings. The summed E-state index contributed by atoms with van der Waals surface area (Å²) >= 11 is 0. The van der Waals surface area contributed by atoms with Crippen molar-refractivity contribution in [3.05, 3.63) is 90.4 Å². The summed E-state index contributed by atoms with van der Waals surface area (Å²) < 4.78 is 26.9. The third kappa shape index (κ3) is 4.49. The van der Waals surface area contributed by atoms with Crippen LogP contribution < -0.4 is 14.4 Å². The highest BCUT2D eigenvalue weighted by molar-refractivity contribution is 5.94. The lowest BCUT2D eigenvalue weighted by Crippen LogP contribution is -2.49. The van der Waals surface area contributed by atoms with Crippen LogP contribution in [0.3, 0.4) is 0 Å². The van der Waals surface area contributed by atoms with E-state index in [9.17, 15) is 9.18 Å². The van der Waals surface area contributed by atoms with Gasteiger partial charge in [0.2, 0.25) is 0 Å². The van der Waals surface area contributed by atoms with E-state index in [2.05, 4.69) is 10.00 Å². The number of carbonyl (C=O) groups excluding carboxylic acids is 1. The second-order valence-corrected chi connectivity index (χ2v) is 8.46. The highest BCUT2D eigenvalue weighted by Crippen LogP contribution is 2.29. The number of aromatic nitrogens is 2.